The Hall–Kier alpha value is -3.67. The molecule has 1 atom stereocenters. The Morgan fingerprint density at radius 2 is 1.90 bits per heavy atom. The highest BCUT2D eigenvalue weighted by atomic mass is 19.1. The topological polar surface area (TPSA) is 67.0 Å². The molecule has 2 aromatic heterocycles. The molecule has 1 amide bonds. The fraction of sp³-hybridized carbons (Fsp3) is 0.200. The van der Waals surface area contributed by atoms with Crippen molar-refractivity contribution in [3.8, 4) is 5.88 Å². The van der Waals surface area contributed by atoms with Gasteiger partial charge in [-0.15, -0.1) is 0 Å². The summed E-state index contributed by atoms with van der Waals surface area (Å²) in [5.41, 5.74) is 3.56. The summed E-state index contributed by atoms with van der Waals surface area (Å²) in [6.45, 7) is 2.03. The number of nitrogens with zero attached hydrogens (tertiary/aromatic N) is 1. The smallest absolute Gasteiger partial charge is 0.220 e. The van der Waals surface area contributed by atoms with Gasteiger partial charge >= 0.3 is 0 Å². The number of rotatable bonds is 8. The zero-order chi connectivity index (χ0) is 21.6. The highest BCUT2D eigenvalue weighted by Gasteiger charge is 2.12. The zero-order valence-corrected chi connectivity index (χ0v) is 17.3. The molecule has 1 unspecified atom stereocenters. The van der Waals surface area contributed by atoms with Crippen molar-refractivity contribution in [2.24, 2.45) is 0 Å². The number of ether oxygens (including phenoxy) is 1. The maximum atomic E-state index is 13.7. The first-order valence-corrected chi connectivity index (χ1v) is 10.3. The molecule has 2 N–H and O–H groups in total. The van der Waals surface area contributed by atoms with E-state index in [2.05, 4.69) is 21.4 Å². The number of pyridine rings is 1. The maximum Gasteiger partial charge on any atom is 0.220 e. The lowest BCUT2D eigenvalue weighted by molar-refractivity contribution is -0.121. The maximum absolute atomic E-state index is 13.7. The molecule has 4 rings (SSSR count). The molecule has 0 aliphatic carbocycles. The van der Waals surface area contributed by atoms with Crippen molar-refractivity contribution < 1.29 is 13.9 Å². The van der Waals surface area contributed by atoms with Gasteiger partial charge in [-0.2, -0.15) is 0 Å². The molecule has 0 bridgehead atoms. The first-order chi connectivity index (χ1) is 15.1. The Kier molecular flexibility index (Phi) is 6.26. The Labute approximate surface area is 180 Å². The summed E-state index contributed by atoms with van der Waals surface area (Å²) in [6, 6.07) is 18.0. The molecule has 31 heavy (non-hydrogen) atoms. The van der Waals surface area contributed by atoms with Crippen molar-refractivity contribution in [2.75, 3.05) is 0 Å². The van der Waals surface area contributed by atoms with E-state index in [9.17, 15) is 9.18 Å². The molecule has 0 aliphatic heterocycles. The summed E-state index contributed by atoms with van der Waals surface area (Å²) in [5.74, 6) is 0.0885. The van der Waals surface area contributed by atoms with Crippen LogP contribution in [-0.4, -0.2) is 15.9 Å². The van der Waals surface area contributed by atoms with Gasteiger partial charge in [-0.1, -0.05) is 42.5 Å². The van der Waals surface area contributed by atoms with E-state index in [-0.39, 0.29) is 24.4 Å². The van der Waals surface area contributed by atoms with E-state index >= 15 is 0 Å². The molecule has 0 radical (unpaired) electrons. The van der Waals surface area contributed by atoms with Crippen LogP contribution in [0.1, 0.15) is 36.1 Å². The van der Waals surface area contributed by atoms with Gasteiger partial charge in [-0.25, -0.2) is 9.37 Å². The fourth-order valence-corrected chi connectivity index (χ4v) is 3.48. The number of amides is 1. The monoisotopic (exact) mass is 417 g/mol. The second-order valence-corrected chi connectivity index (χ2v) is 7.46. The molecule has 0 fully saturated rings. The molecule has 4 aromatic rings. The van der Waals surface area contributed by atoms with Crippen molar-refractivity contribution in [3.63, 3.8) is 0 Å². The van der Waals surface area contributed by atoms with E-state index in [0.717, 1.165) is 22.0 Å². The van der Waals surface area contributed by atoms with Crippen LogP contribution in [0.25, 0.3) is 10.9 Å². The minimum Gasteiger partial charge on any atom is -0.473 e. The summed E-state index contributed by atoms with van der Waals surface area (Å²) < 4.78 is 19.2. The number of carbonyl (C=O) groups is 1. The summed E-state index contributed by atoms with van der Waals surface area (Å²) >= 11 is 0. The van der Waals surface area contributed by atoms with Gasteiger partial charge in [0, 0.05) is 41.3 Å². The summed E-state index contributed by atoms with van der Waals surface area (Å²) in [5, 5.41) is 4.16. The number of fused-ring (bicyclic) bond motifs is 1. The average Bonchev–Trinajstić information content (AvgIpc) is 3.21. The standard InChI is InChI=1S/C25H24FN3O2/c1-17(29-24(30)12-10-19-15-27-23-9-5-3-7-21(19)23)18-11-13-25(28-14-18)31-16-20-6-2-4-8-22(20)26/h2-9,11,13-15,17,27H,10,12,16H2,1H3,(H,29,30). The number of para-hydroxylation sites is 1. The van der Waals surface area contributed by atoms with Crippen molar-refractivity contribution in [1.29, 1.82) is 0 Å². The average molecular weight is 417 g/mol. The van der Waals surface area contributed by atoms with Crippen LogP contribution in [0.5, 0.6) is 5.88 Å². The van der Waals surface area contributed by atoms with Crippen LogP contribution >= 0.6 is 0 Å². The van der Waals surface area contributed by atoms with Gasteiger partial charge in [-0.05, 0) is 36.6 Å². The van der Waals surface area contributed by atoms with Crippen molar-refractivity contribution in [3.05, 3.63) is 95.6 Å². The van der Waals surface area contributed by atoms with Crippen LogP contribution in [0.15, 0.2) is 73.1 Å². The van der Waals surface area contributed by atoms with E-state index in [4.69, 9.17) is 4.74 Å². The van der Waals surface area contributed by atoms with E-state index in [1.54, 1.807) is 30.5 Å². The normalized spacial score (nSPS) is 11.9. The number of benzene rings is 2. The largest absolute Gasteiger partial charge is 0.473 e. The number of carbonyl (C=O) groups excluding carboxylic acids is 1. The van der Waals surface area contributed by atoms with E-state index in [1.807, 2.05) is 37.4 Å². The van der Waals surface area contributed by atoms with Crippen molar-refractivity contribution >= 4 is 16.8 Å². The van der Waals surface area contributed by atoms with E-state index in [0.29, 0.717) is 24.3 Å². The lowest BCUT2D eigenvalue weighted by Crippen LogP contribution is -2.26. The first-order valence-electron chi connectivity index (χ1n) is 10.3. The Bertz CT molecular complexity index is 1170. The minimum absolute atomic E-state index is 0.0161. The van der Waals surface area contributed by atoms with Gasteiger partial charge < -0.3 is 15.0 Å². The Balaban J connectivity index is 1.28. The molecule has 0 saturated carbocycles. The zero-order valence-electron chi connectivity index (χ0n) is 17.3. The van der Waals surface area contributed by atoms with E-state index < -0.39 is 0 Å². The molecule has 2 heterocycles. The molecule has 0 aliphatic rings. The SMILES string of the molecule is CC(NC(=O)CCc1c[nH]c2ccccc12)c1ccc(OCc2ccccc2F)nc1. The third-order valence-electron chi connectivity index (χ3n) is 5.27. The van der Waals surface area contributed by atoms with Gasteiger partial charge in [0.25, 0.3) is 0 Å². The van der Waals surface area contributed by atoms with Crippen LogP contribution < -0.4 is 10.1 Å². The number of H-pyrrole nitrogens is 1. The van der Waals surface area contributed by atoms with Crippen LogP contribution in [0.4, 0.5) is 4.39 Å². The summed E-state index contributed by atoms with van der Waals surface area (Å²) in [4.78, 5) is 19.9. The second-order valence-electron chi connectivity index (χ2n) is 7.46. The van der Waals surface area contributed by atoms with Crippen LogP contribution in [-0.2, 0) is 17.8 Å². The number of hydrogen-bond acceptors (Lipinski definition) is 3. The number of aryl methyl sites for hydroxylation is 1. The van der Waals surface area contributed by atoms with Crippen molar-refractivity contribution in [2.45, 2.75) is 32.4 Å². The Morgan fingerprint density at radius 1 is 1.10 bits per heavy atom. The molecule has 2 aromatic carbocycles. The van der Waals surface area contributed by atoms with Crippen LogP contribution in [0.2, 0.25) is 0 Å². The highest BCUT2D eigenvalue weighted by molar-refractivity contribution is 5.84. The van der Waals surface area contributed by atoms with Gasteiger partial charge in [0.2, 0.25) is 11.8 Å². The first kappa shape index (κ1) is 20.6. The third kappa shape index (κ3) is 5.09. The van der Waals surface area contributed by atoms with Crippen molar-refractivity contribution in [1.82, 2.24) is 15.3 Å². The van der Waals surface area contributed by atoms with E-state index in [1.165, 1.54) is 6.07 Å². The third-order valence-corrected chi connectivity index (χ3v) is 5.27. The molecule has 5 nitrogen and oxygen atoms in total. The van der Waals surface area contributed by atoms with Crippen LogP contribution in [0.3, 0.4) is 0 Å². The molecule has 6 heteroatoms. The highest BCUT2D eigenvalue weighted by Crippen LogP contribution is 2.20. The quantitative estimate of drug-likeness (QED) is 0.420. The van der Waals surface area contributed by atoms with Gasteiger partial charge in [0.15, 0.2) is 0 Å². The summed E-state index contributed by atoms with van der Waals surface area (Å²) in [6.07, 6.45) is 4.71. The predicted octanol–water partition coefficient (Wildman–Crippen LogP) is 5.09. The number of aromatic nitrogens is 2. The molecular formula is C25H24FN3O2. The fourth-order valence-electron chi connectivity index (χ4n) is 3.48. The lowest BCUT2D eigenvalue weighted by atomic mass is 10.1. The summed E-state index contributed by atoms with van der Waals surface area (Å²) in [7, 11) is 0. The molecule has 158 valence electrons. The predicted molar refractivity (Wildman–Crippen MR) is 118 cm³/mol. The molecule has 0 spiro atoms. The van der Waals surface area contributed by atoms with Gasteiger partial charge in [0.1, 0.15) is 12.4 Å². The molecule has 0 saturated heterocycles. The number of halogens is 1. The number of nitrogens with one attached hydrogen (secondary N) is 2. The Morgan fingerprint density at radius 3 is 2.71 bits per heavy atom. The van der Waals surface area contributed by atoms with Crippen LogP contribution in [0, 0.1) is 5.82 Å². The number of hydrogen-bond donors (Lipinski definition) is 2. The number of aromatic amines is 1. The second kappa shape index (κ2) is 9.43. The minimum atomic E-state index is -0.303. The van der Waals surface area contributed by atoms with Gasteiger partial charge in [-0.3, -0.25) is 4.79 Å². The van der Waals surface area contributed by atoms with Gasteiger partial charge in [0.05, 0.1) is 6.04 Å². The lowest BCUT2D eigenvalue weighted by Gasteiger charge is -2.14. The molecular weight excluding hydrogens is 393 g/mol.